The molecule has 0 aromatic carbocycles. The lowest BCUT2D eigenvalue weighted by atomic mass is 9.72. The minimum atomic E-state index is -0.632. The summed E-state index contributed by atoms with van der Waals surface area (Å²) >= 11 is 0. The van der Waals surface area contributed by atoms with Gasteiger partial charge in [-0.1, -0.05) is 47.0 Å². The first-order valence-corrected chi connectivity index (χ1v) is 5.78. The summed E-state index contributed by atoms with van der Waals surface area (Å²) in [5, 5.41) is 9.02. The molecule has 0 spiro atoms. The van der Waals surface area contributed by atoms with E-state index in [1.54, 1.807) is 0 Å². The van der Waals surface area contributed by atoms with E-state index >= 15 is 0 Å². The van der Waals surface area contributed by atoms with Gasteiger partial charge in [0.2, 0.25) is 0 Å². The van der Waals surface area contributed by atoms with E-state index in [1.807, 2.05) is 6.92 Å². The molecule has 0 rings (SSSR count). The van der Waals surface area contributed by atoms with Gasteiger partial charge in [0.1, 0.15) is 0 Å². The average Bonchev–Trinajstić information content (AvgIpc) is 2.20. The van der Waals surface area contributed by atoms with Crippen molar-refractivity contribution < 1.29 is 9.90 Å². The standard InChI is InChI=1S/C12H24O2/c1-5-10(11(13)14)9-12(6-2,7-3)8-4/h10H,5-9H2,1-4H3,(H,13,14). The van der Waals surface area contributed by atoms with Gasteiger partial charge in [-0.25, -0.2) is 0 Å². The number of carboxylic acid groups (broad SMARTS) is 1. The Morgan fingerprint density at radius 1 is 1.14 bits per heavy atom. The van der Waals surface area contributed by atoms with Crippen LogP contribution in [-0.4, -0.2) is 11.1 Å². The summed E-state index contributed by atoms with van der Waals surface area (Å²) in [6.07, 6.45) is 4.84. The summed E-state index contributed by atoms with van der Waals surface area (Å²) in [4.78, 5) is 11.0. The summed E-state index contributed by atoms with van der Waals surface area (Å²) in [6, 6.07) is 0. The normalized spacial score (nSPS) is 14.0. The van der Waals surface area contributed by atoms with Crippen molar-refractivity contribution in [3.63, 3.8) is 0 Å². The average molecular weight is 200 g/mol. The van der Waals surface area contributed by atoms with Crippen LogP contribution in [0.15, 0.2) is 0 Å². The van der Waals surface area contributed by atoms with E-state index in [-0.39, 0.29) is 11.3 Å². The van der Waals surface area contributed by atoms with Crippen LogP contribution in [0.4, 0.5) is 0 Å². The zero-order chi connectivity index (χ0) is 11.2. The smallest absolute Gasteiger partial charge is 0.306 e. The van der Waals surface area contributed by atoms with Crippen molar-refractivity contribution in [2.45, 2.75) is 59.8 Å². The summed E-state index contributed by atoms with van der Waals surface area (Å²) in [5.74, 6) is -0.790. The zero-order valence-electron chi connectivity index (χ0n) is 9.97. The number of hydrogen-bond donors (Lipinski definition) is 1. The van der Waals surface area contributed by atoms with Gasteiger partial charge in [0.15, 0.2) is 0 Å². The van der Waals surface area contributed by atoms with Gasteiger partial charge < -0.3 is 5.11 Å². The second-order valence-corrected chi connectivity index (χ2v) is 4.21. The van der Waals surface area contributed by atoms with Crippen molar-refractivity contribution in [3.05, 3.63) is 0 Å². The molecule has 0 aliphatic heterocycles. The molecule has 0 bridgehead atoms. The van der Waals surface area contributed by atoms with Gasteiger partial charge in [-0.2, -0.15) is 0 Å². The number of aliphatic carboxylic acids is 1. The maximum absolute atomic E-state index is 11.0. The van der Waals surface area contributed by atoms with Crippen LogP contribution in [0.5, 0.6) is 0 Å². The summed E-state index contributed by atoms with van der Waals surface area (Å²) in [5.41, 5.74) is 0.249. The van der Waals surface area contributed by atoms with Gasteiger partial charge in [0.05, 0.1) is 5.92 Å². The fourth-order valence-electron chi connectivity index (χ4n) is 2.11. The largest absolute Gasteiger partial charge is 0.481 e. The van der Waals surface area contributed by atoms with Crippen molar-refractivity contribution in [1.29, 1.82) is 0 Å². The molecule has 84 valence electrons. The third-order valence-electron chi connectivity index (χ3n) is 3.77. The summed E-state index contributed by atoms with van der Waals surface area (Å²) in [6.45, 7) is 8.47. The molecular weight excluding hydrogens is 176 g/mol. The number of hydrogen-bond acceptors (Lipinski definition) is 1. The molecule has 0 amide bonds. The van der Waals surface area contributed by atoms with Crippen LogP contribution < -0.4 is 0 Å². The molecule has 1 N–H and O–H groups in total. The predicted octanol–water partition coefficient (Wildman–Crippen LogP) is 3.70. The van der Waals surface area contributed by atoms with Crippen LogP contribution in [0.1, 0.15) is 59.8 Å². The summed E-state index contributed by atoms with van der Waals surface area (Å²) in [7, 11) is 0. The first-order chi connectivity index (χ1) is 6.55. The van der Waals surface area contributed by atoms with Crippen LogP contribution in [0.3, 0.4) is 0 Å². The van der Waals surface area contributed by atoms with Crippen LogP contribution in [0, 0.1) is 11.3 Å². The summed E-state index contributed by atoms with van der Waals surface area (Å²) < 4.78 is 0. The molecule has 14 heavy (non-hydrogen) atoms. The monoisotopic (exact) mass is 200 g/mol. The van der Waals surface area contributed by atoms with E-state index in [2.05, 4.69) is 20.8 Å². The third-order valence-corrected chi connectivity index (χ3v) is 3.77. The van der Waals surface area contributed by atoms with Crippen molar-refractivity contribution in [2.24, 2.45) is 11.3 Å². The Morgan fingerprint density at radius 2 is 1.57 bits per heavy atom. The van der Waals surface area contributed by atoms with Crippen LogP contribution in [0.2, 0.25) is 0 Å². The maximum atomic E-state index is 11.0. The quantitative estimate of drug-likeness (QED) is 0.680. The highest BCUT2D eigenvalue weighted by Gasteiger charge is 2.30. The van der Waals surface area contributed by atoms with Gasteiger partial charge in [0.25, 0.3) is 0 Å². The molecule has 2 nitrogen and oxygen atoms in total. The molecule has 2 heteroatoms. The Morgan fingerprint density at radius 3 is 1.79 bits per heavy atom. The molecule has 1 unspecified atom stereocenters. The molecule has 0 aromatic heterocycles. The van der Waals surface area contributed by atoms with Crippen LogP contribution >= 0.6 is 0 Å². The molecule has 0 saturated carbocycles. The minimum Gasteiger partial charge on any atom is -0.481 e. The topological polar surface area (TPSA) is 37.3 Å². The molecule has 1 atom stereocenters. The van der Waals surface area contributed by atoms with E-state index in [4.69, 9.17) is 5.11 Å². The lowest BCUT2D eigenvalue weighted by molar-refractivity contribution is -0.143. The second kappa shape index (κ2) is 6.05. The predicted molar refractivity (Wildman–Crippen MR) is 59.3 cm³/mol. The lowest BCUT2D eigenvalue weighted by Gasteiger charge is -2.32. The van der Waals surface area contributed by atoms with E-state index in [9.17, 15) is 4.79 Å². The Bertz CT molecular complexity index is 163. The zero-order valence-corrected chi connectivity index (χ0v) is 9.97. The Hall–Kier alpha value is -0.530. The third kappa shape index (κ3) is 3.32. The van der Waals surface area contributed by atoms with E-state index in [0.717, 1.165) is 32.1 Å². The molecule has 0 aliphatic carbocycles. The molecule has 0 aliphatic rings. The van der Waals surface area contributed by atoms with Crippen LogP contribution in [0.25, 0.3) is 0 Å². The molecule has 0 fully saturated rings. The molecular formula is C12H24O2. The Labute approximate surface area is 87.7 Å². The van der Waals surface area contributed by atoms with Crippen molar-refractivity contribution in [2.75, 3.05) is 0 Å². The Kier molecular flexibility index (Phi) is 5.82. The molecule has 0 aromatic rings. The highest BCUT2D eigenvalue weighted by atomic mass is 16.4. The van der Waals surface area contributed by atoms with Crippen molar-refractivity contribution in [1.82, 2.24) is 0 Å². The van der Waals surface area contributed by atoms with Gasteiger partial charge in [-0.15, -0.1) is 0 Å². The fourth-order valence-corrected chi connectivity index (χ4v) is 2.11. The minimum absolute atomic E-state index is 0.158. The van der Waals surface area contributed by atoms with E-state index < -0.39 is 5.97 Å². The second-order valence-electron chi connectivity index (χ2n) is 4.21. The lowest BCUT2D eigenvalue weighted by Crippen LogP contribution is -2.26. The van der Waals surface area contributed by atoms with Gasteiger partial charge in [-0.05, 0) is 18.3 Å². The van der Waals surface area contributed by atoms with Gasteiger partial charge >= 0.3 is 5.97 Å². The molecule has 0 radical (unpaired) electrons. The molecule has 0 heterocycles. The number of carbonyl (C=O) groups is 1. The Balaban J connectivity index is 4.47. The van der Waals surface area contributed by atoms with Gasteiger partial charge in [-0.3, -0.25) is 4.79 Å². The van der Waals surface area contributed by atoms with Gasteiger partial charge in [0, 0.05) is 0 Å². The number of rotatable bonds is 7. The highest BCUT2D eigenvalue weighted by Crippen LogP contribution is 2.38. The van der Waals surface area contributed by atoms with Crippen molar-refractivity contribution >= 4 is 5.97 Å². The van der Waals surface area contributed by atoms with E-state index in [1.165, 1.54) is 0 Å². The van der Waals surface area contributed by atoms with Crippen LogP contribution in [-0.2, 0) is 4.79 Å². The fraction of sp³-hybridized carbons (Fsp3) is 0.917. The first kappa shape index (κ1) is 13.5. The molecule has 0 saturated heterocycles. The number of carboxylic acids is 1. The van der Waals surface area contributed by atoms with Crippen molar-refractivity contribution in [3.8, 4) is 0 Å². The first-order valence-electron chi connectivity index (χ1n) is 5.78. The van der Waals surface area contributed by atoms with E-state index in [0.29, 0.717) is 0 Å². The highest BCUT2D eigenvalue weighted by molar-refractivity contribution is 5.69. The SMILES string of the molecule is CCC(CC(CC)(CC)CC)C(=O)O. The maximum Gasteiger partial charge on any atom is 0.306 e.